The lowest BCUT2D eigenvalue weighted by atomic mass is 9.99. The summed E-state index contributed by atoms with van der Waals surface area (Å²) in [5, 5.41) is 13.6. The van der Waals surface area contributed by atoms with Crippen LogP contribution in [0.4, 0.5) is 0 Å². The van der Waals surface area contributed by atoms with Crippen molar-refractivity contribution in [1.82, 2.24) is 14.8 Å². The van der Waals surface area contributed by atoms with E-state index in [9.17, 15) is 14.9 Å². The van der Waals surface area contributed by atoms with Gasteiger partial charge in [0.05, 0.1) is 17.5 Å². The van der Waals surface area contributed by atoms with Gasteiger partial charge in [0.2, 0.25) is 5.78 Å². The first-order chi connectivity index (χ1) is 12.1. The largest absolute Gasteiger partial charge is 0.364 e. The van der Waals surface area contributed by atoms with Crippen molar-refractivity contribution in [2.75, 3.05) is 0 Å². The average Bonchev–Trinajstić information content (AvgIpc) is 3.10. The second-order valence-corrected chi connectivity index (χ2v) is 5.21. The zero-order chi connectivity index (χ0) is 17.8. The lowest BCUT2D eigenvalue weighted by molar-refractivity contribution is 0.0970. The lowest BCUT2D eigenvalue weighted by Crippen LogP contribution is -2.16. The molecule has 3 rings (SSSR count). The number of nitriles is 1. The molecule has 0 bridgehead atoms. The summed E-state index contributed by atoms with van der Waals surface area (Å²) in [6.07, 6.45) is 1.50. The van der Waals surface area contributed by atoms with Crippen molar-refractivity contribution in [1.29, 1.82) is 5.26 Å². The number of Topliss-reactive ketones (excluding diaryl/α,β-unsaturated/α-hetero) is 1. The number of pyridine rings is 1. The third kappa shape index (κ3) is 3.14. The highest BCUT2D eigenvalue weighted by molar-refractivity contribution is 6.03. The van der Waals surface area contributed by atoms with E-state index in [1.54, 1.807) is 42.5 Å². The molecule has 0 fully saturated rings. The zero-order valence-electron chi connectivity index (χ0n) is 13.0. The van der Waals surface area contributed by atoms with Gasteiger partial charge < -0.3 is 5.73 Å². The number of primary amides is 1. The Balaban J connectivity index is 2.05. The minimum atomic E-state index is -1.11. The van der Waals surface area contributed by atoms with Crippen LogP contribution in [0.1, 0.15) is 32.6 Å². The third-order valence-electron chi connectivity index (χ3n) is 3.59. The molecule has 3 aromatic rings. The number of ketones is 1. The molecule has 7 nitrogen and oxygen atoms in total. The molecule has 2 heterocycles. The molecule has 25 heavy (non-hydrogen) atoms. The lowest BCUT2D eigenvalue weighted by Gasteiger charge is -2.05. The van der Waals surface area contributed by atoms with Crippen LogP contribution in [-0.4, -0.2) is 26.5 Å². The fourth-order valence-electron chi connectivity index (χ4n) is 2.40. The van der Waals surface area contributed by atoms with E-state index in [1.165, 1.54) is 16.9 Å². The predicted octanol–water partition coefficient (Wildman–Crippen LogP) is 1.86. The Bertz CT molecular complexity index is 958. The van der Waals surface area contributed by atoms with Crippen molar-refractivity contribution < 1.29 is 9.59 Å². The first-order valence-corrected chi connectivity index (χ1v) is 7.42. The molecule has 0 saturated carbocycles. The zero-order valence-corrected chi connectivity index (χ0v) is 13.0. The Labute approximate surface area is 143 Å². The quantitative estimate of drug-likeness (QED) is 0.717. The minimum absolute atomic E-state index is 0.0187. The van der Waals surface area contributed by atoms with Gasteiger partial charge in [-0.2, -0.15) is 10.4 Å². The van der Waals surface area contributed by atoms with E-state index in [4.69, 9.17) is 5.73 Å². The maximum Gasteiger partial charge on any atom is 0.267 e. The molecule has 2 N–H and O–H groups in total. The van der Waals surface area contributed by atoms with Crippen LogP contribution in [0.25, 0.3) is 5.69 Å². The molecule has 7 heteroatoms. The number of nitrogens with zero attached hydrogens (tertiary/aromatic N) is 4. The predicted molar refractivity (Wildman–Crippen MR) is 89.0 cm³/mol. The van der Waals surface area contributed by atoms with Gasteiger partial charge in [0, 0.05) is 12.3 Å². The summed E-state index contributed by atoms with van der Waals surface area (Å²) in [6, 6.07) is 17.0. The van der Waals surface area contributed by atoms with Gasteiger partial charge in [-0.15, -0.1) is 0 Å². The molecule has 1 amide bonds. The van der Waals surface area contributed by atoms with Crippen LogP contribution < -0.4 is 5.73 Å². The van der Waals surface area contributed by atoms with Crippen LogP contribution in [0.2, 0.25) is 0 Å². The molecule has 0 radical (unpaired) electrons. The molecule has 2 aromatic heterocycles. The topological polar surface area (TPSA) is 115 Å². The van der Waals surface area contributed by atoms with Crippen molar-refractivity contribution in [2.45, 2.75) is 5.92 Å². The van der Waals surface area contributed by atoms with Crippen LogP contribution in [0, 0.1) is 11.3 Å². The number of nitrogens with two attached hydrogens (primary N) is 1. The second kappa shape index (κ2) is 6.76. The summed E-state index contributed by atoms with van der Waals surface area (Å²) in [5.74, 6) is -2.37. The summed E-state index contributed by atoms with van der Waals surface area (Å²) in [6.45, 7) is 0. The molecule has 0 spiro atoms. The monoisotopic (exact) mass is 331 g/mol. The van der Waals surface area contributed by atoms with Gasteiger partial charge in [-0.1, -0.05) is 24.3 Å². The molecule has 122 valence electrons. The number of amides is 1. The van der Waals surface area contributed by atoms with Crippen molar-refractivity contribution >= 4 is 11.7 Å². The van der Waals surface area contributed by atoms with Crippen LogP contribution in [0.15, 0.2) is 60.8 Å². The SMILES string of the molecule is N#CC(C(=O)c1cc(C(N)=O)n(-c2ccccc2)n1)c1ccccn1. The fourth-order valence-corrected chi connectivity index (χ4v) is 2.40. The van der Waals surface area contributed by atoms with Gasteiger partial charge in [0.1, 0.15) is 11.4 Å². The first-order valence-electron chi connectivity index (χ1n) is 7.42. The van der Waals surface area contributed by atoms with E-state index in [0.717, 1.165) is 0 Å². The van der Waals surface area contributed by atoms with Crippen LogP contribution in [-0.2, 0) is 0 Å². The molecular weight excluding hydrogens is 318 g/mol. The summed E-state index contributed by atoms with van der Waals surface area (Å²) < 4.78 is 1.29. The van der Waals surface area contributed by atoms with E-state index in [0.29, 0.717) is 11.4 Å². The molecule has 1 unspecified atom stereocenters. The number of rotatable bonds is 5. The third-order valence-corrected chi connectivity index (χ3v) is 3.59. The van der Waals surface area contributed by atoms with E-state index >= 15 is 0 Å². The summed E-state index contributed by atoms with van der Waals surface area (Å²) in [7, 11) is 0. The first kappa shape index (κ1) is 16.1. The van der Waals surface area contributed by atoms with E-state index in [1.807, 2.05) is 12.1 Å². The van der Waals surface area contributed by atoms with Crippen molar-refractivity contribution in [3.8, 4) is 11.8 Å². The Morgan fingerprint density at radius 3 is 2.44 bits per heavy atom. The summed E-state index contributed by atoms with van der Waals surface area (Å²) in [5.41, 5.74) is 6.35. The van der Waals surface area contributed by atoms with Crippen molar-refractivity contribution in [2.24, 2.45) is 5.73 Å². The van der Waals surface area contributed by atoms with Crippen molar-refractivity contribution in [3.63, 3.8) is 0 Å². The highest BCUT2D eigenvalue weighted by Crippen LogP contribution is 2.20. The second-order valence-electron chi connectivity index (χ2n) is 5.21. The molecular formula is C18H13N5O2. The van der Waals surface area contributed by atoms with Gasteiger partial charge in [-0.05, 0) is 24.3 Å². The molecule has 0 aliphatic heterocycles. The number of carbonyl (C=O) groups is 2. The molecule has 1 atom stereocenters. The highest BCUT2D eigenvalue weighted by Gasteiger charge is 2.27. The van der Waals surface area contributed by atoms with Crippen LogP contribution in [0.5, 0.6) is 0 Å². The highest BCUT2D eigenvalue weighted by atomic mass is 16.1. The molecule has 1 aromatic carbocycles. The van der Waals surface area contributed by atoms with E-state index in [2.05, 4.69) is 10.1 Å². The Hall–Kier alpha value is -3.79. The molecule has 0 saturated heterocycles. The molecule has 0 aliphatic rings. The number of para-hydroxylation sites is 1. The summed E-state index contributed by atoms with van der Waals surface area (Å²) in [4.78, 5) is 28.5. The van der Waals surface area contributed by atoms with E-state index in [-0.39, 0.29) is 11.4 Å². The number of hydrogen-bond donors (Lipinski definition) is 1. The standard InChI is InChI=1S/C18H13N5O2/c19-11-13(14-8-4-5-9-21-14)17(24)15-10-16(18(20)25)23(22-15)12-6-2-1-3-7-12/h1-10,13H,(H2,20,25). The minimum Gasteiger partial charge on any atom is -0.364 e. The Morgan fingerprint density at radius 2 is 1.84 bits per heavy atom. The van der Waals surface area contributed by atoms with Crippen LogP contribution in [0.3, 0.4) is 0 Å². The Morgan fingerprint density at radius 1 is 1.12 bits per heavy atom. The number of aromatic nitrogens is 3. The number of hydrogen-bond acceptors (Lipinski definition) is 5. The number of benzene rings is 1. The van der Waals surface area contributed by atoms with Crippen molar-refractivity contribution in [3.05, 3.63) is 77.9 Å². The number of carbonyl (C=O) groups excluding carboxylic acids is 2. The van der Waals surface area contributed by atoms with Gasteiger partial charge in [-0.3, -0.25) is 14.6 Å². The maximum atomic E-state index is 12.7. The Kier molecular flexibility index (Phi) is 4.35. The van der Waals surface area contributed by atoms with Gasteiger partial charge in [0.15, 0.2) is 5.92 Å². The maximum absolute atomic E-state index is 12.7. The fraction of sp³-hybridized carbons (Fsp3) is 0.0556. The van der Waals surface area contributed by atoms with E-state index < -0.39 is 17.6 Å². The van der Waals surface area contributed by atoms with Gasteiger partial charge >= 0.3 is 0 Å². The van der Waals surface area contributed by atoms with Crippen LogP contribution >= 0.6 is 0 Å². The summed E-state index contributed by atoms with van der Waals surface area (Å²) >= 11 is 0. The van der Waals surface area contributed by atoms with Gasteiger partial charge in [-0.25, -0.2) is 4.68 Å². The molecule has 0 aliphatic carbocycles. The van der Waals surface area contributed by atoms with Gasteiger partial charge in [0.25, 0.3) is 5.91 Å². The smallest absolute Gasteiger partial charge is 0.267 e. The normalized spacial score (nSPS) is 11.5. The average molecular weight is 331 g/mol.